The van der Waals surface area contributed by atoms with E-state index in [1.165, 1.54) is 40.2 Å². The third-order valence-electron chi connectivity index (χ3n) is 4.78. The fourth-order valence-electron chi connectivity index (χ4n) is 3.11. The van der Waals surface area contributed by atoms with Gasteiger partial charge in [0.25, 0.3) is 0 Å². The molecule has 0 fully saturated rings. The first-order valence-electron chi connectivity index (χ1n) is 9.72. The number of carbonyl (C=O) groups is 1. The van der Waals surface area contributed by atoms with E-state index in [4.69, 9.17) is 0 Å². The lowest BCUT2D eigenvalue weighted by atomic mass is 10.2. The summed E-state index contributed by atoms with van der Waals surface area (Å²) in [7, 11) is 0. The minimum Gasteiger partial charge on any atom is -0.324 e. The standard InChI is InChI=1S/C22H20FN5O2S/c1-3-15-6-4-5-7-18(15)31-21-20-26-28(22(30)27(20)11-10-24-21)13-19(29)25-16-9-8-14(2)17(23)12-16/h4-12H,3,13H2,1-2H3,(H,25,29). The second-order valence-electron chi connectivity index (χ2n) is 6.94. The Morgan fingerprint density at radius 1 is 1.23 bits per heavy atom. The van der Waals surface area contributed by atoms with Crippen molar-refractivity contribution in [1.29, 1.82) is 0 Å². The smallest absolute Gasteiger partial charge is 0.324 e. The third kappa shape index (κ3) is 4.36. The van der Waals surface area contributed by atoms with Gasteiger partial charge in [0.1, 0.15) is 17.4 Å². The van der Waals surface area contributed by atoms with Gasteiger partial charge >= 0.3 is 5.69 Å². The molecule has 0 radical (unpaired) electrons. The van der Waals surface area contributed by atoms with Crippen LogP contribution in [0.3, 0.4) is 0 Å². The average Bonchev–Trinajstić information content (AvgIpc) is 3.07. The maximum Gasteiger partial charge on any atom is 0.350 e. The number of hydrogen-bond donors (Lipinski definition) is 1. The van der Waals surface area contributed by atoms with Crippen LogP contribution >= 0.6 is 11.8 Å². The molecule has 1 N–H and O–H groups in total. The van der Waals surface area contributed by atoms with E-state index in [-0.39, 0.29) is 6.54 Å². The van der Waals surface area contributed by atoms with Gasteiger partial charge in [-0.05, 0) is 42.7 Å². The fraction of sp³-hybridized carbons (Fsp3) is 0.182. The molecule has 0 saturated carbocycles. The summed E-state index contributed by atoms with van der Waals surface area (Å²) in [5.41, 5.74) is 1.89. The van der Waals surface area contributed by atoms with E-state index in [0.29, 0.717) is 21.9 Å². The van der Waals surface area contributed by atoms with Crippen molar-refractivity contribution in [1.82, 2.24) is 19.2 Å². The van der Waals surface area contributed by atoms with Crippen LogP contribution in [0.5, 0.6) is 0 Å². The molecular weight excluding hydrogens is 417 g/mol. The lowest BCUT2D eigenvalue weighted by Crippen LogP contribution is -2.28. The normalized spacial score (nSPS) is 11.1. The van der Waals surface area contributed by atoms with Crippen molar-refractivity contribution in [2.24, 2.45) is 0 Å². The molecule has 2 aromatic carbocycles. The molecule has 7 nitrogen and oxygen atoms in total. The Kier molecular flexibility index (Phi) is 5.85. The Balaban J connectivity index is 1.60. The van der Waals surface area contributed by atoms with Gasteiger partial charge < -0.3 is 5.32 Å². The first-order chi connectivity index (χ1) is 15.0. The van der Waals surface area contributed by atoms with Gasteiger partial charge in [-0.3, -0.25) is 4.79 Å². The first-order valence-corrected chi connectivity index (χ1v) is 10.5. The summed E-state index contributed by atoms with van der Waals surface area (Å²) in [6.45, 7) is 3.41. The highest BCUT2D eigenvalue weighted by Crippen LogP contribution is 2.31. The van der Waals surface area contributed by atoms with Crippen molar-refractivity contribution >= 4 is 29.0 Å². The Hall–Kier alpha value is -3.46. The molecular formula is C22H20FN5O2S. The molecule has 9 heteroatoms. The van der Waals surface area contributed by atoms with Gasteiger partial charge in [-0.25, -0.2) is 23.3 Å². The van der Waals surface area contributed by atoms with E-state index >= 15 is 0 Å². The van der Waals surface area contributed by atoms with Gasteiger partial charge in [-0.15, -0.1) is 5.10 Å². The van der Waals surface area contributed by atoms with Crippen LogP contribution in [-0.4, -0.2) is 25.1 Å². The van der Waals surface area contributed by atoms with Gasteiger partial charge in [0.2, 0.25) is 5.91 Å². The molecule has 0 spiro atoms. The number of anilines is 1. The van der Waals surface area contributed by atoms with Crippen molar-refractivity contribution in [3.05, 3.63) is 82.3 Å². The fourth-order valence-corrected chi connectivity index (χ4v) is 4.15. The van der Waals surface area contributed by atoms with Crippen LogP contribution in [0.1, 0.15) is 18.1 Å². The second kappa shape index (κ2) is 8.73. The molecule has 31 heavy (non-hydrogen) atoms. The number of aromatic nitrogens is 4. The lowest BCUT2D eigenvalue weighted by molar-refractivity contribution is -0.117. The van der Waals surface area contributed by atoms with Crippen molar-refractivity contribution in [2.75, 3.05) is 5.32 Å². The molecule has 4 rings (SSSR count). The maximum atomic E-state index is 13.7. The molecule has 0 aliphatic carbocycles. The molecule has 0 unspecified atom stereocenters. The van der Waals surface area contributed by atoms with Crippen LogP contribution in [0, 0.1) is 12.7 Å². The van der Waals surface area contributed by atoms with Crippen LogP contribution in [0.2, 0.25) is 0 Å². The summed E-state index contributed by atoms with van der Waals surface area (Å²) in [5.74, 6) is -0.893. The van der Waals surface area contributed by atoms with Crippen molar-refractivity contribution < 1.29 is 9.18 Å². The van der Waals surface area contributed by atoms with Crippen molar-refractivity contribution in [3.63, 3.8) is 0 Å². The molecule has 0 bridgehead atoms. The minimum absolute atomic E-state index is 0.300. The Morgan fingerprint density at radius 3 is 2.81 bits per heavy atom. The molecule has 1 amide bonds. The summed E-state index contributed by atoms with van der Waals surface area (Å²) in [6.07, 6.45) is 3.92. The van der Waals surface area contributed by atoms with E-state index < -0.39 is 17.4 Å². The highest BCUT2D eigenvalue weighted by atomic mass is 32.2. The number of halogens is 1. The summed E-state index contributed by atoms with van der Waals surface area (Å²) >= 11 is 1.43. The van der Waals surface area contributed by atoms with Gasteiger partial charge in [0, 0.05) is 23.0 Å². The Morgan fingerprint density at radius 2 is 2.03 bits per heavy atom. The summed E-state index contributed by atoms with van der Waals surface area (Å²) in [5, 5.41) is 7.49. The Labute approximate surface area is 181 Å². The van der Waals surface area contributed by atoms with Crippen LogP contribution in [0.25, 0.3) is 5.65 Å². The number of fused-ring (bicyclic) bond motifs is 1. The number of nitrogens with one attached hydrogen (secondary N) is 1. The predicted molar refractivity (Wildman–Crippen MR) is 117 cm³/mol. The largest absolute Gasteiger partial charge is 0.350 e. The van der Waals surface area contributed by atoms with Crippen LogP contribution in [0.15, 0.2) is 69.6 Å². The number of rotatable bonds is 6. The van der Waals surface area contributed by atoms with Crippen molar-refractivity contribution in [2.45, 2.75) is 36.7 Å². The third-order valence-corrected chi connectivity index (χ3v) is 5.88. The zero-order valence-corrected chi connectivity index (χ0v) is 17.8. The summed E-state index contributed by atoms with van der Waals surface area (Å²) in [4.78, 5) is 30.5. The number of amides is 1. The predicted octanol–water partition coefficient (Wildman–Crippen LogP) is 3.69. The van der Waals surface area contributed by atoms with Gasteiger partial charge in [-0.2, -0.15) is 0 Å². The second-order valence-corrected chi connectivity index (χ2v) is 7.97. The molecule has 0 aliphatic rings. The van der Waals surface area contributed by atoms with E-state index in [9.17, 15) is 14.0 Å². The maximum absolute atomic E-state index is 13.7. The van der Waals surface area contributed by atoms with E-state index in [2.05, 4.69) is 22.3 Å². The van der Waals surface area contributed by atoms with Crippen LogP contribution in [0.4, 0.5) is 10.1 Å². The number of hydrogen-bond acceptors (Lipinski definition) is 5. The van der Waals surface area contributed by atoms with Gasteiger partial charge in [0.15, 0.2) is 5.65 Å². The summed E-state index contributed by atoms with van der Waals surface area (Å²) in [6, 6.07) is 12.4. The number of carbonyl (C=O) groups excluding carboxylic acids is 1. The molecule has 0 aliphatic heterocycles. The highest BCUT2D eigenvalue weighted by Gasteiger charge is 2.16. The number of benzene rings is 2. The monoisotopic (exact) mass is 437 g/mol. The lowest BCUT2D eigenvalue weighted by Gasteiger charge is -2.06. The average molecular weight is 438 g/mol. The first kappa shape index (κ1) is 20.8. The Bertz CT molecular complexity index is 1330. The molecule has 2 aromatic heterocycles. The number of aryl methyl sites for hydroxylation is 2. The van der Waals surface area contributed by atoms with Gasteiger partial charge in [-0.1, -0.05) is 43.0 Å². The molecule has 158 valence electrons. The van der Waals surface area contributed by atoms with Crippen LogP contribution < -0.4 is 11.0 Å². The molecule has 2 heterocycles. The molecule has 0 atom stereocenters. The zero-order chi connectivity index (χ0) is 22.0. The number of nitrogens with zero attached hydrogens (tertiary/aromatic N) is 4. The van der Waals surface area contributed by atoms with E-state index in [1.54, 1.807) is 19.1 Å². The van der Waals surface area contributed by atoms with E-state index in [0.717, 1.165) is 16.0 Å². The summed E-state index contributed by atoms with van der Waals surface area (Å²) < 4.78 is 16.1. The van der Waals surface area contributed by atoms with Crippen molar-refractivity contribution in [3.8, 4) is 0 Å². The molecule has 4 aromatic rings. The highest BCUT2D eigenvalue weighted by molar-refractivity contribution is 7.99. The van der Waals surface area contributed by atoms with E-state index in [1.807, 2.05) is 24.3 Å². The minimum atomic E-state index is -0.479. The zero-order valence-electron chi connectivity index (χ0n) is 17.0. The van der Waals surface area contributed by atoms with Crippen LogP contribution in [-0.2, 0) is 17.8 Å². The van der Waals surface area contributed by atoms with Gasteiger partial charge in [0.05, 0.1) is 0 Å². The SMILES string of the molecule is CCc1ccccc1Sc1nccn2c(=O)n(CC(=O)Nc3ccc(C)c(F)c3)nc12. The molecule has 0 saturated heterocycles. The quantitative estimate of drug-likeness (QED) is 0.498. The topological polar surface area (TPSA) is 81.3 Å².